The van der Waals surface area contributed by atoms with Crippen LogP contribution in [0.5, 0.6) is 5.75 Å². The second-order valence-electron chi connectivity index (χ2n) is 6.75. The van der Waals surface area contributed by atoms with E-state index in [9.17, 15) is 19.5 Å². The van der Waals surface area contributed by atoms with E-state index in [1.54, 1.807) is 20.8 Å². The van der Waals surface area contributed by atoms with Crippen molar-refractivity contribution in [2.45, 2.75) is 38.8 Å². The molecule has 0 aliphatic carbocycles. The standard InChI is InChI=1S/C18H26N2O6S/c1-18(2,3)26-17(24)20(13(16(22)23)8-9-27-5)15(21)11-6-7-12(19)14(10-11)25-4/h6-7,10,13H,8-9,19H2,1-5H3,(H,22,23)/t13-/m0/s1. The molecule has 0 fully saturated rings. The number of hydrogen-bond acceptors (Lipinski definition) is 7. The van der Waals surface area contributed by atoms with Gasteiger partial charge in [-0.3, -0.25) is 4.79 Å². The van der Waals surface area contributed by atoms with Crippen molar-refractivity contribution in [3.05, 3.63) is 23.8 Å². The van der Waals surface area contributed by atoms with Crippen LogP contribution >= 0.6 is 11.8 Å². The van der Waals surface area contributed by atoms with Crippen LogP contribution in [-0.4, -0.2) is 58.7 Å². The van der Waals surface area contributed by atoms with Crippen molar-refractivity contribution in [3.8, 4) is 5.75 Å². The number of carbonyl (C=O) groups excluding carboxylic acids is 2. The van der Waals surface area contributed by atoms with Crippen molar-refractivity contribution in [2.75, 3.05) is 24.9 Å². The van der Waals surface area contributed by atoms with Gasteiger partial charge in [-0.1, -0.05) is 0 Å². The van der Waals surface area contributed by atoms with E-state index in [1.165, 1.54) is 37.1 Å². The summed E-state index contributed by atoms with van der Waals surface area (Å²) in [6, 6.07) is 2.87. The monoisotopic (exact) mass is 398 g/mol. The summed E-state index contributed by atoms with van der Waals surface area (Å²) in [6.45, 7) is 4.91. The number of carboxylic acids is 1. The Morgan fingerprint density at radius 3 is 2.41 bits per heavy atom. The average Bonchev–Trinajstić information content (AvgIpc) is 2.56. The van der Waals surface area contributed by atoms with Gasteiger partial charge in [-0.25, -0.2) is 14.5 Å². The summed E-state index contributed by atoms with van der Waals surface area (Å²) in [5.74, 6) is -1.38. The van der Waals surface area contributed by atoms with Crippen LogP contribution in [0.25, 0.3) is 0 Å². The maximum absolute atomic E-state index is 13.0. The number of nitrogen functional groups attached to an aromatic ring is 1. The van der Waals surface area contributed by atoms with Gasteiger partial charge in [0.25, 0.3) is 5.91 Å². The molecule has 0 spiro atoms. The van der Waals surface area contributed by atoms with Crippen molar-refractivity contribution < 1.29 is 29.0 Å². The Labute approximate surface area is 163 Å². The number of thioether (sulfide) groups is 1. The number of imide groups is 1. The molecule has 1 atom stereocenters. The van der Waals surface area contributed by atoms with Crippen LogP contribution in [0.2, 0.25) is 0 Å². The molecule has 1 rings (SSSR count). The number of amides is 2. The minimum Gasteiger partial charge on any atom is -0.495 e. The Hall–Kier alpha value is -2.42. The van der Waals surface area contributed by atoms with E-state index in [4.69, 9.17) is 15.2 Å². The SMILES string of the molecule is COc1cc(C(=O)N(C(=O)OC(C)(C)C)[C@@H](CCSC)C(=O)O)ccc1N. The fraction of sp³-hybridized carbons (Fsp3) is 0.500. The highest BCUT2D eigenvalue weighted by atomic mass is 32.2. The first-order chi connectivity index (χ1) is 12.5. The van der Waals surface area contributed by atoms with E-state index in [1.807, 2.05) is 6.26 Å². The van der Waals surface area contributed by atoms with Crippen LogP contribution in [-0.2, 0) is 9.53 Å². The average molecular weight is 398 g/mol. The van der Waals surface area contributed by atoms with Crippen LogP contribution in [0.3, 0.4) is 0 Å². The molecular formula is C18H26N2O6S. The molecule has 1 aromatic rings. The number of benzene rings is 1. The number of methoxy groups -OCH3 is 1. The molecule has 150 valence electrons. The fourth-order valence-electron chi connectivity index (χ4n) is 2.24. The number of nitrogens with two attached hydrogens (primary N) is 1. The highest BCUT2D eigenvalue weighted by Gasteiger charge is 2.38. The van der Waals surface area contributed by atoms with Gasteiger partial charge < -0.3 is 20.3 Å². The molecule has 8 nitrogen and oxygen atoms in total. The molecule has 2 amide bonds. The molecule has 1 aromatic carbocycles. The molecule has 0 aromatic heterocycles. The number of nitrogens with zero attached hydrogens (tertiary/aromatic N) is 1. The number of carbonyl (C=O) groups is 3. The van der Waals surface area contributed by atoms with Gasteiger partial charge in [-0.05, 0) is 57.4 Å². The molecule has 27 heavy (non-hydrogen) atoms. The second-order valence-corrected chi connectivity index (χ2v) is 7.73. The van der Waals surface area contributed by atoms with Crippen molar-refractivity contribution in [3.63, 3.8) is 0 Å². The van der Waals surface area contributed by atoms with E-state index in [2.05, 4.69) is 0 Å². The summed E-state index contributed by atoms with van der Waals surface area (Å²) in [4.78, 5) is 38.1. The van der Waals surface area contributed by atoms with Gasteiger partial charge >= 0.3 is 12.1 Å². The summed E-state index contributed by atoms with van der Waals surface area (Å²) < 4.78 is 10.4. The zero-order chi connectivity index (χ0) is 20.8. The molecule has 0 saturated carbocycles. The van der Waals surface area contributed by atoms with Crippen LogP contribution in [0.4, 0.5) is 10.5 Å². The molecule has 0 aliphatic heterocycles. The first kappa shape index (κ1) is 22.6. The molecule has 9 heteroatoms. The highest BCUT2D eigenvalue weighted by molar-refractivity contribution is 7.98. The van der Waals surface area contributed by atoms with Crippen LogP contribution in [0.1, 0.15) is 37.6 Å². The largest absolute Gasteiger partial charge is 0.495 e. The summed E-state index contributed by atoms with van der Waals surface area (Å²) in [7, 11) is 1.39. The van der Waals surface area contributed by atoms with Crippen LogP contribution in [0.15, 0.2) is 18.2 Å². The molecule has 0 unspecified atom stereocenters. The number of hydrogen-bond donors (Lipinski definition) is 2. The van der Waals surface area contributed by atoms with E-state index in [0.717, 1.165) is 0 Å². The lowest BCUT2D eigenvalue weighted by Gasteiger charge is -2.30. The number of rotatable bonds is 7. The molecule has 0 radical (unpaired) electrons. The third-order valence-electron chi connectivity index (χ3n) is 3.48. The lowest BCUT2D eigenvalue weighted by Crippen LogP contribution is -2.50. The first-order valence-corrected chi connectivity index (χ1v) is 9.63. The fourth-order valence-corrected chi connectivity index (χ4v) is 2.70. The van der Waals surface area contributed by atoms with Crippen molar-refractivity contribution in [1.82, 2.24) is 4.90 Å². The zero-order valence-corrected chi connectivity index (χ0v) is 17.0. The van der Waals surface area contributed by atoms with E-state index >= 15 is 0 Å². The van der Waals surface area contributed by atoms with Crippen molar-refractivity contribution in [1.29, 1.82) is 0 Å². The zero-order valence-electron chi connectivity index (χ0n) is 16.1. The van der Waals surface area contributed by atoms with Gasteiger partial charge in [0.15, 0.2) is 0 Å². The van der Waals surface area contributed by atoms with Gasteiger partial charge in [-0.2, -0.15) is 11.8 Å². The Balaban J connectivity index is 3.35. The molecule has 0 aliphatic rings. The Morgan fingerprint density at radius 2 is 1.93 bits per heavy atom. The number of anilines is 1. The Kier molecular flexibility index (Phi) is 7.96. The van der Waals surface area contributed by atoms with Crippen molar-refractivity contribution >= 4 is 35.4 Å². The minimum absolute atomic E-state index is 0.0716. The van der Waals surface area contributed by atoms with E-state index in [-0.39, 0.29) is 17.7 Å². The first-order valence-electron chi connectivity index (χ1n) is 8.23. The van der Waals surface area contributed by atoms with Gasteiger partial charge in [0.05, 0.1) is 12.8 Å². The van der Waals surface area contributed by atoms with Crippen molar-refractivity contribution in [2.24, 2.45) is 0 Å². The summed E-state index contributed by atoms with van der Waals surface area (Å²) >= 11 is 1.42. The summed E-state index contributed by atoms with van der Waals surface area (Å²) in [5.41, 5.74) is 5.25. The lowest BCUT2D eigenvalue weighted by atomic mass is 10.1. The quantitative estimate of drug-likeness (QED) is 0.673. The van der Waals surface area contributed by atoms with Gasteiger partial charge in [-0.15, -0.1) is 0 Å². The Bertz CT molecular complexity index is 702. The predicted molar refractivity (Wildman–Crippen MR) is 104 cm³/mol. The number of aliphatic carboxylic acids is 1. The van der Waals surface area contributed by atoms with E-state index < -0.39 is 29.6 Å². The lowest BCUT2D eigenvalue weighted by molar-refractivity contribution is -0.142. The predicted octanol–water partition coefficient (Wildman–Crippen LogP) is 2.86. The smallest absolute Gasteiger partial charge is 0.418 e. The molecular weight excluding hydrogens is 372 g/mol. The normalized spacial score (nSPS) is 12.2. The summed E-state index contributed by atoms with van der Waals surface area (Å²) in [6.07, 6.45) is 0.883. The molecule has 3 N–H and O–H groups in total. The molecule has 0 heterocycles. The highest BCUT2D eigenvalue weighted by Crippen LogP contribution is 2.25. The summed E-state index contributed by atoms with van der Waals surface area (Å²) in [5, 5.41) is 9.60. The van der Waals surface area contributed by atoms with Crippen LogP contribution in [0, 0.1) is 0 Å². The second kappa shape index (κ2) is 9.50. The van der Waals surface area contributed by atoms with Crippen LogP contribution < -0.4 is 10.5 Å². The topological polar surface area (TPSA) is 119 Å². The van der Waals surface area contributed by atoms with Gasteiger partial charge in [0, 0.05) is 5.56 Å². The minimum atomic E-state index is -1.36. The Morgan fingerprint density at radius 1 is 1.30 bits per heavy atom. The number of carboxylic acid groups (broad SMARTS) is 1. The molecule has 0 saturated heterocycles. The molecule has 0 bridgehead atoms. The number of ether oxygens (including phenoxy) is 2. The third-order valence-corrected chi connectivity index (χ3v) is 4.13. The third kappa shape index (κ3) is 6.35. The van der Waals surface area contributed by atoms with E-state index in [0.29, 0.717) is 16.3 Å². The van der Waals surface area contributed by atoms with Gasteiger partial charge in [0.1, 0.15) is 17.4 Å². The maximum Gasteiger partial charge on any atom is 0.418 e. The maximum atomic E-state index is 13.0. The van der Waals surface area contributed by atoms with Gasteiger partial charge in [0.2, 0.25) is 0 Å².